The molecule has 0 saturated carbocycles. The monoisotopic (exact) mass is 202 g/mol. The highest BCUT2D eigenvalue weighted by Crippen LogP contribution is 2.14. The molecule has 0 aliphatic carbocycles. The minimum Gasteiger partial charge on any atom is -0.481 e. The molecule has 0 amide bonds. The van der Waals surface area contributed by atoms with E-state index in [1.165, 1.54) is 0 Å². The Kier molecular flexibility index (Phi) is 8.64. The summed E-state index contributed by atoms with van der Waals surface area (Å²) < 4.78 is 5.19. The van der Waals surface area contributed by atoms with Gasteiger partial charge in [-0.25, -0.2) is 0 Å². The van der Waals surface area contributed by atoms with E-state index >= 15 is 0 Å². The van der Waals surface area contributed by atoms with Crippen LogP contribution in [-0.4, -0.2) is 24.3 Å². The van der Waals surface area contributed by atoms with Crippen LogP contribution in [0, 0.1) is 5.92 Å². The molecule has 3 heteroatoms. The minimum absolute atomic E-state index is 0.151. The summed E-state index contributed by atoms with van der Waals surface area (Å²) >= 11 is 0. The zero-order chi connectivity index (χ0) is 10.8. The van der Waals surface area contributed by atoms with Crippen molar-refractivity contribution in [3.63, 3.8) is 0 Å². The van der Waals surface area contributed by atoms with Gasteiger partial charge in [0.1, 0.15) is 0 Å². The van der Waals surface area contributed by atoms with Gasteiger partial charge in [-0.2, -0.15) is 0 Å². The van der Waals surface area contributed by atoms with E-state index in [0.29, 0.717) is 0 Å². The molecule has 3 nitrogen and oxygen atoms in total. The van der Waals surface area contributed by atoms with Crippen LogP contribution in [0.15, 0.2) is 0 Å². The number of carbonyl (C=O) groups is 1. The van der Waals surface area contributed by atoms with E-state index in [-0.39, 0.29) is 5.92 Å². The van der Waals surface area contributed by atoms with Gasteiger partial charge < -0.3 is 9.84 Å². The van der Waals surface area contributed by atoms with Crippen LogP contribution < -0.4 is 0 Å². The molecule has 0 aromatic heterocycles. The lowest BCUT2D eigenvalue weighted by Crippen LogP contribution is -2.13. The van der Waals surface area contributed by atoms with Gasteiger partial charge in [0.05, 0.1) is 5.92 Å². The second-order valence-corrected chi connectivity index (χ2v) is 3.52. The normalized spacial score (nSPS) is 12.7. The van der Waals surface area contributed by atoms with E-state index in [9.17, 15) is 4.79 Å². The highest BCUT2D eigenvalue weighted by molar-refractivity contribution is 5.69. The van der Waals surface area contributed by atoms with Crippen LogP contribution in [0.4, 0.5) is 0 Å². The van der Waals surface area contributed by atoms with Crippen LogP contribution in [0.2, 0.25) is 0 Å². The Balaban J connectivity index is 3.46. The number of hydrogen-bond acceptors (Lipinski definition) is 2. The Morgan fingerprint density at radius 2 is 2.00 bits per heavy atom. The molecule has 0 rings (SSSR count). The maximum absolute atomic E-state index is 10.8. The van der Waals surface area contributed by atoms with Crippen molar-refractivity contribution in [1.29, 1.82) is 0 Å². The molecule has 1 unspecified atom stereocenters. The predicted octanol–water partition coefficient (Wildman–Crippen LogP) is 2.69. The summed E-state index contributed by atoms with van der Waals surface area (Å²) in [5.74, 6) is -0.801. The van der Waals surface area contributed by atoms with Crippen LogP contribution in [0.5, 0.6) is 0 Å². The maximum atomic E-state index is 10.8. The molecule has 0 fully saturated rings. The molecule has 0 bridgehead atoms. The van der Waals surface area contributed by atoms with Gasteiger partial charge in [-0.3, -0.25) is 4.79 Å². The van der Waals surface area contributed by atoms with Crippen molar-refractivity contribution in [1.82, 2.24) is 0 Å². The number of unbranched alkanes of at least 4 members (excludes halogenated alkanes) is 1. The third kappa shape index (κ3) is 6.89. The Labute approximate surface area is 86.5 Å². The fourth-order valence-electron chi connectivity index (χ4n) is 1.48. The molecular weight excluding hydrogens is 180 g/mol. The molecule has 0 aliphatic heterocycles. The van der Waals surface area contributed by atoms with Crippen LogP contribution in [0.25, 0.3) is 0 Å². The van der Waals surface area contributed by atoms with Crippen LogP contribution in [0.3, 0.4) is 0 Å². The summed E-state index contributed by atoms with van der Waals surface area (Å²) in [5, 5.41) is 8.88. The average Bonchev–Trinajstić information content (AvgIpc) is 2.15. The molecule has 0 aromatic rings. The number of carboxylic acid groups (broad SMARTS) is 1. The van der Waals surface area contributed by atoms with E-state index in [4.69, 9.17) is 9.84 Å². The van der Waals surface area contributed by atoms with Crippen molar-refractivity contribution in [2.24, 2.45) is 5.92 Å². The van der Waals surface area contributed by atoms with E-state index in [2.05, 4.69) is 0 Å². The first kappa shape index (κ1) is 13.4. The van der Waals surface area contributed by atoms with E-state index in [1.807, 2.05) is 13.8 Å². The van der Waals surface area contributed by atoms with Gasteiger partial charge in [-0.15, -0.1) is 0 Å². The van der Waals surface area contributed by atoms with Crippen LogP contribution in [0.1, 0.15) is 46.0 Å². The molecule has 1 atom stereocenters. The quantitative estimate of drug-likeness (QED) is 0.585. The molecule has 1 N–H and O–H groups in total. The lowest BCUT2D eigenvalue weighted by molar-refractivity contribution is -0.142. The SMILES string of the molecule is CCCC(CCCCOCC)C(=O)O. The summed E-state index contributed by atoms with van der Waals surface area (Å²) in [7, 11) is 0. The van der Waals surface area contributed by atoms with Crippen LogP contribution >= 0.6 is 0 Å². The van der Waals surface area contributed by atoms with Gasteiger partial charge >= 0.3 is 5.97 Å². The standard InChI is InChI=1S/C11H22O3/c1-3-7-10(11(12)13)8-5-6-9-14-4-2/h10H,3-9H2,1-2H3,(H,12,13). The second-order valence-electron chi connectivity index (χ2n) is 3.52. The van der Waals surface area contributed by atoms with Crippen molar-refractivity contribution in [3.05, 3.63) is 0 Å². The third-order valence-corrected chi connectivity index (χ3v) is 2.28. The van der Waals surface area contributed by atoms with E-state index in [0.717, 1.165) is 45.3 Å². The molecule has 14 heavy (non-hydrogen) atoms. The summed E-state index contributed by atoms with van der Waals surface area (Å²) in [5.41, 5.74) is 0. The lowest BCUT2D eigenvalue weighted by Gasteiger charge is -2.10. The zero-order valence-corrected chi connectivity index (χ0v) is 9.29. The first-order valence-electron chi connectivity index (χ1n) is 5.52. The number of ether oxygens (including phenoxy) is 1. The molecule has 84 valence electrons. The van der Waals surface area contributed by atoms with E-state index in [1.54, 1.807) is 0 Å². The van der Waals surface area contributed by atoms with Gasteiger partial charge in [0.2, 0.25) is 0 Å². The van der Waals surface area contributed by atoms with Crippen molar-refractivity contribution < 1.29 is 14.6 Å². The predicted molar refractivity (Wildman–Crippen MR) is 56.4 cm³/mol. The Morgan fingerprint density at radius 3 is 2.50 bits per heavy atom. The second kappa shape index (κ2) is 9.00. The van der Waals surface area contributed by atoms with Gasteiger partial charge in [-0.05, 0) is 26.2 Å². The summed E-state index contributed by atoms with van der Waals surface area (Å²) in [6.45, 7) is 5.50. The lowest BCUT2D eigenvalue weighted by atomic mass is 9.97. The summed E-state index contributed by atoms with van der Waals surface area (Å²) in [6.07, 6.45) is 4.46. The van der Waals surface area contributed by atoms with Crippen molar-refractivity contribution in [2.75, 3.05) is 13.2 Å². The molecule has 0 heterocycles. The third-order valence-electron chi connectivity index (χ3n) is 2.28. The Bertz CT molecular complexity index is 145. The van der Waals surface area contributed by atoms with Gasteiger partial charge in [0.15, 0.2) is 0 Å². The smallest absolute Gasteiger partial charge is 0.306 e. The minimum atomic E-state index is -0.650. The van der Waals surface area contributed by atoms with Crippen molar-refractivity contribution in [3.8, 4) is 0 Å². The zero-order valence-electron chi connectivity index (χ0n) is 9.29. The van der Waals surface area contributed by atoms with Gasteiger partial charge in [0.25, 0.3) is 0 Å². The van der Waals surface area contributed by atoms with Gasteiger partial charge in [0, 0.05) is 13.2 Å². The van der Waals surface area contributed by atoms with Crippen molar-refractivity contribution in [2.45, 2.75) is 46.0 Å². The van der Waals surface area contributed by atoms with Crippen LogP contribution in [-0.2, 0) is 9.53 Å². The molecule has 0 radical (unpaired) electrons. The maximum Gasteiger partial charge on any atom is 0.306 e. The molecule has 0 spiro atoms. The average molecular weight is 202 g/mol. The summed E-state index contributed by atoms with van der Waals surface area (Å²) in [4.78, 5) is 10.8. The van der Waals surface area contributed by atoms with E-state index < -0.39 is 5.97 Å². The first-order chi connectivity index (χ1) is 6.72. The Morgan fingerprint density at radius 1 is 1.29 bits per heavy atom. The fourth-order valence-corrected chi connectivity index (χ4v) is 1.48. The molecule has 0 aromatic carbocycles. The first-order valence-corrected chi connectivity index (χ1v) is 5.52. The largest absolute Gasteiger partial charge is 0.481 e. The number of rotatable bonds is 9. The highest BCUT2D eigenvalue weighted by Gasteiger charge is 2.14. The number of aliphatic carboxylic acids is 1. The topological polar surface area (TPSA) is 46.5 Å². The van der Waals surface area contributed by atoms with Gasteiger partial charge in [-0.1, -0.05) is 19.8 Å². The number of hydrogen-bond donors (Lipinski definition) is 1. The Hall–Kier alpha value is -0.570. The summed E-state index contributed by atoms with van der Waals surface area (Å²) in [6, 6.07) is 0. The molecule has 0 saturated heterocycles. The highest BCUT2D eigenvalue weighted by atomic mass is 16.5. The molecule has 0 aliphatic rings. The van der Waals surface area contributed by atoms with Crippen molar-refractivity contribution >= 4 is 5.97 Å². The molecular formula is C11H22O3. The fraction of sp³-hybridized carbons (Fsp3) is 0.909. The number of carboxylic acids is 1.